The van der Waals surface area contributed by atoms with Crippen LogP contribution in [0.4, 0.5) is 5.69 Å². The maximum Gasteiger partial charge on any atom is 0.217 e. The van der Waals surface area contributed by atoms with Gasteiger partial charge in [0, 0.05) is 18.7 Å². The molecule has 1 saturated heterocycles. The van der Waals surface area contributed by atoms with Crippen LogP contribution in [0.2, 0.25) is 0 Å². The number of nitrogens with one attached hydrogen (secondary N) is 1. The van der Waals surface area contributed by atoms with E-state index in [9.17, 15) is 0 Å². The highest BCUT2D eigenvalue weighted by Gasteiger charge is 2.21. The van der Waals surface area contributed by atoms with Crippen molar-refractivity contribution in [3.8, 4) is 0 Å². The van der Waals surface area contributed by atoms with Crippen molar-refractivity contribution in [2.45, 2.75) is 12.7 Å². The van der Waals surface area contributed by atoms with Gasteiger partial charge in [-0.1, -0.05) is 18.2 Å². The van der Waals surface area contributed by atoms with Gasteiger partial charge in [0.2, 0.25) is 6.29 Å². The first-order valence-corrected chi connectivity index (χ1v) is 6.52. The minimum Gasteiger partial charge on any atom is -0.461 e. The molecule has 1 fully saturated rings. The van der Waals surface area contributed by atoms with Gasteiger partial charge in [0.05, 0.1) is 13.2 Å². The van der Waals surface area contributed by atoms with Crippen LogP contribution in [0.5, 0.6) is 0 Å². The van der Waals surface area contributed by atoms with Gasteiger partial charge in [-0.3, -0.25) is 0 Å². The van der Waals surface area contributed by atoms with Crippen molar-refractivity contribution in [1.29, 1.82) is 0 Å². The SMILES string of the molecule is c1ccc(NCCc2ccc(C3OCCO3)o2)cc1. The Morgan fingerprint density at radius 1 is 1.00 bits per heavy atom. The topological polar surface area (TPSA) is 43.6 Å². The first-order chi connectivity index (χ1) is 9.42. The van der Waals surface area contributed by atoms with Crippen LogP contribution >= 0.6 is 0 Å². The van der Waals surface area contributed by atoms with E-state index in [1.165, 1.54) is 0 Å². The molecule has 1 aromatic carbocycles. The molecule has 2 heterocycles. The van der Waals surface area contributed by atoms with Gasteiger partial charge in [0.1, 0.15) is 5.76 Å². The summed E-state index contributed by atoms with van der Waals surface area (Å²) < 4.78 is 16.5. The normalized spacial score (nSPS) is 15.8. The first kappa shape index (κ1) is 12.3. The van der Waals surface area contributed by atoms with E-state index in [2.05, 4.69) is 5.32 Å². The second kappa shape index (κ2) is 5.91. The summed E-state index contributed by atoms with van der Waals surface area (Å²) >= 11 is 0. The molecule has 2 aromatic rings. The van der Waals surface area contributed by atoms with Crippen LogP contribution in [-0.4, -0.2) is 19.8 Å². The average Bonchev–Trinajstić information content (AvgIpc) is 3.10. The van der Waals surface area contributed by atoms with Gasteiger partial charge < -0.3 is 19.2 Å². The smallest absolute Gasteiger partial charge is 0.217 e. The Morgan fingerprint density at radius 2 is 1.79 bits per heavy atom. The summed E-state index contributed by atoms with van der Waals surface area (Å²) in [5, 5.41) is 3.35. The maximum atomic E-state index is 5.72. The van der Waals surface area contributed by atoms with Gasteiger partial charge >= 0.3 is 0 Å². The number of furan rings is 1. The van der Waals surface area contributed by atoms with E-state index in [0.717, 1.165) is 30.2 Å². The van der Waals surface area contributed by atoms with Crippen LogP contribution in [0.25, 0.3) is 0 Å². The summed E-state index contributed by atoms with van der Waals surface area (Å²) in [6.45, 7) is 2.11. The summed E-state index contributed by atoms with van der Waals surface area (Å²) in [6.07, 6.45) is 0.512. The second-order valence-electron chi connectivity index (χ2n) is 4.42. The van der Waals surface area contributed by atoms with Crippen LogP contribution in [-0.2, 0) is 15.9 Å². The van der Waals surface area contributed by atoms with Crippen LogP contribution < -0.4 is 5.32 Å². The summed E-state index contributed by atoms with van der Waals surface area (Å²) in [6, 6.07) is 14.0. The van der Waals surface area contributed by atoms with Crippen LogP contribution in [0.1, 0.15) is 17.8 Å². The Balaban J connectivity index is 1.50. The fourth-order valence-corrected chi connectivity index (χ4v) is 2.06. The lowest BCUT2D eigenvalue weighted by atomic mass is 10.3. The van der Waals surface area contributed by atoms with Crippen LogP contribution in [0.15, 0.2) is 46.9 Å². The standard InChI is InChI=1S/C15H17NO3/c1-2-4-12(5-3-1)16-9-8-13-6-7-14(19-13)15-17-10-11-18-15/h1-7,15-16H,8-11H2. The van der Waals surface area contributed by atoms with Gasteiger partial charge in [0.15, 0.2) is 5.76 Å². The number of hydrogen-bond donors (Lipinski definition) is 1. The summed E-state index contributed by atoms with van der Waals surface area (Å²) in [7, 11) is 0. The van der Waals surface area contributed by atoms with Crippen molar-refractivity contribution in [2.75, 3.05) is 25.1 Å². The largest absolute Gasteiger partial charge is 0.461 e. The van der Waals surface area contributed by atoms with Crippen molar-refractivity contribution in [2.24, 2.45) is 0 Å². The predicted octanol–water partition coefficient (Wildman–Crippen LogP) is 2.98. The molecule has 0 spiro atoms. The average molecular weight is 259 g/mol. The summed E-state index contributed by atoms with van der Waals surface area (Å²) in [5.74, 6) is 1.70. The molecule has 0 saturated carbocycles. The van der Waals surface area contributed by atoms with Crippen molar-refractivity contribution >= 4 is 5.69 Å². The van der Waals surface area contributed by atoms with E-state index in [1.807, 2.05) is 42.5 Å². The number of benzene rings is 1. The molecule has 0 bridgehead atoms. The predicted molar refractivity (Wildman–Crippen MR) is 72.0 cm³/mol. The third-order valence-corrected chi connectivity index (χ3v) is 3.01. The summed E-state index contributed by atoms with van der Waals surface area (Å²) in [5.41, 5.74) is 1.12. The first-order valence-electron chi connectivity index (χ1n) is 6.52. The molecule has 1 aliphatic heterocycles. The number of ether oxygens (including phenoxy) is 2. The molecule has 100 valence electrons. The van der Waals surface area contributed by atoms with Crippen molar-refractivity contribution in [3.05, 3.63) is 54.0 Å². The lowest BCUT2D eigenvalue weighted by molar-refractivity contribution is -0.0593. The molecular formula is C15H17NO3. The molecule has 0 atom stereocenters. The molecule has 1 aromatic heterocycles. The van der Waals surface area contributed by atoms with E-state index in [1.54, 1.807) is 0 Å². The lowest BCUT2D eigenvalue weighted by Gasteiger charge is -2.06. The fourth-order valence-electron chi connectivity index (χ4n) is 2.06. The van der Waals surface area contributed by atoms with Gasteiger partial charge in [-0.15, -0.1) is 0 Å². The highest BCUT2D eigenvalue weighted by Crippen LogP contribution is 2.25. The Labute approximate surface area is 112 Å². The number of anilines is 1. The molecular weight excluding hydrogens is 242 g/mol. The van der Waals surface area contributed by atoms with Gasteiger partial charge in [-0.25, -0.2) is 0 Å². The number of para-hydroxylation sites is 1. The molecule has 0 amide bonds. The lowest BCUT2D eigenvalue weighted by Crippen LogP contribution is -2.04. The fraction of sp³-hybridized carbons (Fsp3) is 0.333. The Hall–Kier alpha value is -1.78. The van der Waals surface area contributed by atoms with E-state index in [-0.39, 0.29) is 6.29 Å². The highest BCUT2D eigenvalue weighted by atomic mass is 16.7. The third-order valence-electron chi connectivity index (χ3n) is 3.01. The van der Waals surface area contributed by atoms with Gasteiger partial charge in [0.25, 0.3) is 0 Å². The Bertz CT molecular complexity index is 503. The number of hydrogen-bond acceptors (Lipinski definition) is 4. The van der Waals surface area contributed by atoms with Crippen molar-refractivity contribution in [1.82, 2.24) is 0 Å². The highest BCUT2D eigenvalue weighted by molar-refractivity contribution is 5.42. The molecule has 19 heavy (non-hydrogen) atoms. The van der Waals surface area contributed by atoms with E-state index in [0.29, 0.717) is 13.2 Å². The second-order valence-corrected chi connectivity index (χ2v) is 4.42. The van der Waals surface area contributed by atoms with E-state index >= 15 is 0 Å². The third kappa shape index (κ3) is 3.16. The molecule has 1 N–H and O–H groups in total. The Kier molecular flexibility index (Phi) is 3.81. The zero-order valence-corrected chi connectivity index (χ0v) is 10.7. The van der Waals surface area contributed by atoms with E-state index < -0.39 is 0 Å². The quantitative estimate of drug-likeness (QED) is 0.896. The van der Waals surface area contributed by atoms with Crippen molar-refractivity contribution < 1.29 is 13.9 Å². The summed E-state index contributed by atoms with van der Waals surface area (Å²) in [4.78, 5) is 0. The zero-order valence-electron chi connectivity index (χ0n) is 10.7. The Morgan fingerprint density at radius 3 is 2.58 bits per heavy atom. The van der Waals surface area contributed by atoms with Gasteiger partial charge in [-0.2, -0.15) is 0 Å². The minimum absolute atomic E-state index is 0.323. The van der Waals surface area contributed by atoms with Crippen LogP contribution in [0.3, 0.4) is 0 Å². The number of rotatable bonds is 5. The van der Waals surface area contributed by atoms with Crippen LogP contribution in [0, 0.1) is 0 Å². The zero-order chi connectivity index (χ0) is 12.9. The maximum absolute atomic E-state index is 5.72. The molecule has 4 nitrogen and oxygen atoms in total. The minimum atomic E-state index is -0.323. The molecule has 3 rings (SSSR count). The molecule has 0 radical (unpaired) electrons. The van der Waals surface area contributed by atoms with Gasteiger partial charge in [-0.05, 0) is 24.3 Å². The molecule has 0 aliphatic carbocycles. The molecule has 0 unspecified atom stereocenters. The molecule has 1 aliphatic rings. The van der Waals surface area contributed by atoms with E-state index in [4.69, 9.17) is 13.9 Å². The van der Waals surface area contributed by atoms with Crippen molar-refractivity contribution in [3.63, 3.8) is 0 Å². The molecule has 4 heteroatoms. The monoisotopic (exact) mass is 259 g/mol.